The van der Waals surface area contributed by atoms with Crippen LogP contribution in [0.3, 0.4) is 0 Å². The summed E-state index contributed by atoms with van der Waals surface area (Å²) in [5.41, 5.74) is 0.838. The molecular weight excluding hydrogens is 368 g/mol. The van der Waals surface area contributed by atoms with E-state index in [1.807, 2.05) is 24.4 Å². The van der Waals surface area contributed by atoms with E-state index in [4.69, 9.17) is 4.42 Å². The number of hydrogen-bond acceptors (Lipinski definition) is 5. The molecule has 2 heterocycles. The first-order valence-electron chi connectivity index (χ1n) is 9.02. The normalized spacial score (nSPS) is 22.2. The third kappa shape index (κ3) is 4.94. The fraction of sp³-hybridized carbons (Fsp3) is 0.556. The van der Waals surface area contributed by atoms with Crippen LogP contribution in [0.5, 0.6) is 0 Å². The molecule has 0 bridgehead atoms. The van der Waals surface area contributed by atoms with E-state index in [0.29, 0.717) is 23.7 Å². The number of nitrogens with zero attached hydrogens (tertiary/aromatic N) is 2. The Hall–Kier alpha value is -1.67. The molecule has 0 aromatic carbocycles. The van der Waals surface area contributed by atoms with Crippen molar-refractivity contribution in [2.45, 2.75) is 50.4 Å². The average Bonchev–Trinajstić information content (AvgIpc) is 3.36. The molecule has 0 radical (unpaired) electrons. The standard InChI is InChI=1S/C18H26N4O2S2/c1-3-26(23)15-7-4-6-13(10-15)22-18(19-2)20-11-14-12-24-17(21-14)16-8-5-9-25-16/h5,8-9,12-13,15H,3-4,6-7,10-11H2,1-2H3,(H2,19,20,22). The van der Waals surface area contributed by atoms with E-state index in [2.05, 4.69) is 20.6 Å². The van der Waals surface area contributed by atoms with E-state index in [-0.39, 0.29) is 0 Å². The largest absolute Gasteiger partial charge is 0.443 e. The summed E-state index contributed by atoms with van der Waals surface area (Å²) in [6.45, 7) is 2.54. The van der Waals surface area contributed by atoms with Crippen LogP contribution in [0.4, 0.5) is 0 Å². The third-order valence-electron chi connectivity index (χ3n) is 4.57. The van der Waals surface area contributed by atoms with Gasteiger partial charge >= 0.3 is 0 Å². The predicted molar refractivity (Wildman–Crippen MR) is 108 cm³/mol. The summed E-state index contributed by atoms with van der Waals surface area (Å²) in [5, 5.41) is 9.07. The first-order valence-corrected chi connectivity index (χ1v) is 11.3. The number of nitrogens with one attached hydrogen (secondary N) is 2. The van der Waals surface area contributed by atoms with Crippen molar-refractivity contribution in [3.05, 3.63) is 29.5 Å². The molecule has 0 aliphatic heterocycles. The first-order chi connectivity index (χ1) is 12.7. The molecule has 3 rings (SSSR count). The maximum absolute atomic E-state index is 12.1. The fourth-order valence-corrected chi connectivity index (χ4v) is 5.22. The highest BCUT2D eigenvalue weighted by Gasteiger charge is 2.26. The fourth-order valence-electron chi connectivity index (χ4n) is 3.21. The first kappa shape index (κ1) is 19.1. The molecule has 0 saturated heterocycles. The van der Waals surface area contributed by atoms with E-state index >= 15 is 0 Å². The quantitative estimate of drug-likeness (QED) is 0.581. The zero-order valence-electron chi connectivity index (χ0n) is 15.2. The van der Waals surface area contributed by atoms with Crippen molar-refractivity contribution in [1.82, 2.24) is 15.6 Å². The van der Waals surface area contributed by atoms with Crippen molar-refractivity contribution in [3.63, 3.8) is 0 Å². The Morgan fingerprint density at radius 3 is 3.12 bits per heavy atom. The molecule has 1 saturated carbocycles. The van der Waals surface area contributed by atoms with Gasteiger partial charge in [0.1, 0.15) is 6.26 Å². The van der Waals surface area contributed by atoms with Crippen LogP contribution in [0.1, 0.15) is 38.3 Å². The SMILES string of the molecule is CCS(=O)C1CCCC(NC(=NC)NCc2coc(-c3cccs3)n2)C1. The second-order valence-corrected chi connectivity index (χ2v) is 9.30. The van der Waals surface area contributed by atoms with Gasteiger partial charge in [-0.2, -0.15) is 0 Å². The van der Waals surface area contributed by atoms with Crippen LogP contribution in [-0.2, 0) is 17.3 Å². The zero-order chi connectivity index (χ0) is 18.4. The maximum Gasteiger partial charge on any atom is 0.236 e. The smallest absolute Gasteiger partial charge is 0.236 e. The zero-order valence-corrected chi connectivity index (χ0v) is 16.9. The van der Waals surface area contributed by atoms with Gasteiger partial charge in [0.25, 0.3) is 0 Å². The monoisotopic (exact) mass is 394 g/mol. The Balaban J connectivity index is 1.51. The molecule has 2 aromatic heterocycles. The lowest BCUT2D eigenvalue weighted by Crippen LogP contribution is -2.46. The minimum absolute atomic E-state index is 0.299. The summed E-state index contributed by atoms with van der Waals surface area (Å²) in [7, 11) is 1.05. The minimum Gasteiger partial charge on any atom is -0.443 e. The van der Waals surface area contributed by atoms with Crippen molar-refractivity contribution in [2.24, 2.45) is 4.99 Å². The van der Waals surface area contributed by atoms with Crippen molar-refractivity contribution >= 4 is 28.1 Å². The minimum atomic E-state index is -0.718. The van der Waals surface area contributed by atoms with Crippen LogP contribution in [-0.4, -0.2) is 39.2 Å². The van der Waals surface area contributed by atoms with Crippen LogP contribution in [0.15, 0.2) is 33.2 Å². The predicted octanol–water partition coefficient (Wildman–Crippen LogP) is 3.15. The number of aromatic nitrogens is 1. The topological polar surface area (TPSA) is 79.5 Å². The van der Waals surface area contributed by atoms with E-state index in [1.165, 1.54) is 0 Å². The second kappa shape index (κ2) is 9.32. The molecule has 1 aliphatic rings. The van der Waals surface area contributed by atoms with Crippen molar-refractivity contribution < 1.29 is 8.63 Å². The molecule has 3 atom stereocenters. The lowest BCUT2D eigenvalue weighted by atomic mass is 9.95. The molecule has 1 fully saturated rings. The van der Waals surface area contributed by atoms with Crippen LogP contribution in [0, 0.1) is 0 Å². The summed E-state index contributed by atoms with van der Waals surface area (Å²) in [4.78, 5) is 9.84. The van der Waals surface area contributed by atoms with Gasteiger partial charge in [0.15, 0.2) is 5.96 Å². The lowest BCUT2D eigenvalue weighted by Gasteiger charge is -2.30. The Kier molecular flexibility index (Phi) is 6.85. The summed E-state index contributed by atoms with van der Waals surface area (Å²) in [6, 6.07) is 4.29. The molecule has 0 spiro atoms. The van der Waals surface area contributed by atoms with E-state index in [9.17, 15) is 4.21 Å². The highest BCUT2D eigenvalue weighted by Crippen LogP contribution is 2.24. The summed E-state index contributed by atoms with van der Waals surface area (Å²) in [6.07, 6.45) is 5.88. The Labute approximate surface area is 161 Å². The van der Waals surface area contributed by atoms with Crippen LogP contribution in [0.2, 0.25) is 0 Å². The van der Waals surface area contributed by atoms with Crippen LogP contribution in [0.25, 0.3) is 10.8 Å². The van der Waals surface area contributed by atoms with Gasteiger partial charge in [-0.15, -0.1) is 11.3 Å². The molecule has 26 heavy (non-hydrogen) atoms. The van der Waals surface area contributed by atoms with Gasteiger partial charge in [0, 0.05) is 34.9 Å². The molecular formula is C18H26N4O2S2. The van der Waals surface area contributed by atoms with Gasteiger partial charge in [0.2, 0.25) is 5.89 Å². The van der Waals surface area contributed by atoms with Gasteiger partial charge in [0.05, 0.1) is 17.1 Å². The molecule has 2 aromatic rings. The number of thiophene rings is 1. The number of rotatable bonds is 6. The molecule has 3 unspecified atom stereocenters. The molecule has 1 aliphatic carbocycles. The van der Waals surface area contributed by atoms with Gasteiger partial charge in [-0.25, -0.2) is 4.98 Å². The van der Waals surface area contributed by atoms with Gasteiger partial charge < -0.3 is 15.1 Å². The van der Waals surface area contributed by atoms with Crippen molar-refractivity contribution in [2.75, 3.05) is 12.8 Å². The molecule has 6 nitrogen and oxygen atoms in total. The van der Waals surface area contributed by atoms with Crippen molar-refractivity contribution in [1.29, 1.82) is 0 Å². The number of oxazole rings is 1. The summed E-state index contributed by atoms with van der Waals surface area (Å²) >= 11 is 1.61. The summed E-state index contributed by atoms with van der Waals surface area (Å²) < 4.78 is 17.6. The second-order valence-electron chi connectivity index (χ2n) is 6.35. The molecule has 8 heteroatoms. The highest BCUT2D eigenvalue weighted by atomic mass is 32.2. The highest BCUT2D eigenvalue weighted by molar-refractivity contribution is 7.85. The van der Waals surface area contributed by atoms with Gasteiger partial charge in [-0.1, -0.05) is 19.4 Å². The van der Waals surface area contributed by atoms with Gasteiger partial charge in [-0.3, -0.25) is 9.20 Å². The van der Waals surface area contributed by atoms with Gasteiger partial charge in [-0.05, 0) is 30.7 Å². The number of guanidine groups is 1. The Morgan fingerprint density at radius 1 is 1.50 bits per heavy atom. The number of hydrogen-bond donors (Lipinski definition) is 2. The maximum atomic E-state index is 12.1. The third-order valence-corrected chi connectivity index (χ3v) is 7.17. The van der Waals surface area contributed by atoms with E-state index in [0.717, 1.165) is 48.0 Å². The van der Waals surface area contributed by atoms with Crippen LogP contribution >= 0.6 is 11.3 Å². The van der Waals surface area contributed by atoms with Crippen LogP contribution < -0.4 is 10.6 Å². The lowest BCUT2D eigenvalue weighted by molar-refractivity contribution is 0.413. The Morgan fingerprint density at radius 2 is 2.38 bits per heavy atom. The van der Waals surface area contributed by atoms with E-state index < -0.39 is 10.8 Å². The Bertz CT molecular complexity index is 742. The van der Waals surface area contributed by atoms with E-state index in [1.54, 1.807) is 24.6 Å². The molecule has 0 amide bonds. The molecule has 2 N–H and O–H groups in total. The number of aliphatic imine (C=N–C) groups is 1. The summed E-state index contributed by atoms with van der Waals surface area (Å²) in [5.74, 6) is 2.14. The van der Waals surface area contributed by atoms with Crippen molar-refractivity contribution in [3.8, 4) is 10.8 Å². The molecule has 142 valence electrons. The average molecular weight is 395 g/mol.